The minimum atomic E-state index is -3.67. The highest BCUT2D eigenvalue weighted by molar-refractivity contribution is 7.91. The molecule has 3 heterocycles. The molecule has 2 amide bonds. The van der Waals surface area contributed by atoms with Gasteiger partial charge < -0.3 is 4.90 Å². The van der Waals surface area contributed by atoms with E-state index in [9.17, 15) is 26.4 Å². The van der Waals surface area contributed by atoms with Crippen molar-refractivity contribution >= 4 is 37.4 Å². The van der Waals surface area contributed by atoms with Crippen LogP contribution in [0.3, 0.4) is 0 Å². The van der Waals surface area contributed by atoms with Gasteiger partial charge in [-0.3, -0.25) is 9.59 Å². The van der Waals surface area contributed by atoms with Gasteiger partial charge in [0.15, 0.2) is 9.84 Å². The summed E-state index contributed by atoms with van der Waals surface area (Å²) in [5.74, 6) is -0.745. The van der Waals surface area contributed by atoms with Crippen molar-refractivity contribution in [2.75, 3.05) is 37.7 Å². The van der Waals surface area contributed by atoms with Gasteiger partial charge in [0.1, 0.15) is 5.71 Å². The number of nitrogens with zero attached hydrogens (tertiary/aromatic N) is 4. The summed E-state index contributed by atoms with van der Waals surface area (Å²) in [6.45, 7) is 4.43. The maximum Gasteiger partial charge on any atom is 0.270 e. The van der Waals surface area contributed by atoms with Crippen LogP contribution in [0.5, 0.6) is 0 Å². The highest BCUT2D eigenvalue weighted by Crippen LogP contribution is 2.24. The Hall–Kier alpha value is -2.31. The molecule has 12 heteroatoms. The van der Waals surface area contributed by atoms with Gasteiger partial charge >= 0.3 is 0 Å². The number of sulfone groups is 1. The van der Waals surface area contributed by atoms with Gasteiger partial charge in [0, 0.05) is 39.0 Å². The third-order valence-corrected chi connectivity index (χ3v) is 10.1. The zero-order valence-corrected chi connectivity index (χ0v) is 20.4. The van der Waals surface area contributed by atoms with E-state index in [2.05, 4.69) is 5.10 Å². The van der Waals surface area contributed by atoms with E-state index >= 15 is 0 Å². The summed E-state index contributed by atoms with van der Waals surface area (Å²) in [6, 6.07) is 4.67. The number of hydrogen-bond donors (Lipinski definition) is 0. The topological polar surface area (TPSA) is 124 Å². The molecular formula is C21H28N4O6S2. The fourth-order valence-corrected chi connectivity index (χ4v) is 7.84. The van der Waals surface area contributed by atoms with Crippen molar-refractivity contribution in [1.29, 1.82) is 0 Å². The maximum absolute atomic E-state index is 13.1. The van der Waals surface area contributed by atoms with Crippen LogP contribution in [0.2, 0.25) is 0 Å². The molecule has 0 saturated carbocycles. The predicted octanol–water partition coefficient (Wildman–Crippen LogP) is 0.302. The lowest BCUT2D eigenvalue weighted by atomic mass is 10.1. The van der Waals surface area contributed by atoms with Gasteiger partial charge in [-0.15, -0.1) is 0 Å². The van der Waals surface area contributed by atoms with Crippen molar-refractivity contribution in [3.8, 4) is 0 Å². The van der Waals surface area contributed by atoms with Gasteiger partial charge in [0.25, 0.3) is 5.91 Å². The van der Waals surface area contributed by atoms with Crippen molar-refractivity contribution in [2.24, 2.45) is 5.10 Å². The second-order valence-electron chi connectivity index (χ2n) is 8.81. The van der Waals surface area contributed by atoms with Gasteiger partial charge in [0.2, 0.25) is 15.9 Å². The fraction of sp³-hybridized carbons (Fsp3) is 0.571. The average Bonchev–Trinajstić information content (AvgIpc) is 3.13. The zero-order chi connectivity index (χ0) is 24.0. The number of hydrazone groups is 1. The third kappa shape index (κ3) is 4.82. The molecule has 2 saturated heterocycles. The van der Waals surface area contributed by atoms with Crippen molar-refractivity contribution in [2.45, 2.75) is 44.0 Å². The lowest BCUT2D eigenvalue weighted by Gasteiger charge is -2.35. The first-order valence-electron chi connectivity index (χ1n) is 10.9. The molecule has 3 aliphatic rings. The number of aryl methyl sites for hydroxylation is 2. The van der Waals surface area contributed by atoms with E-state index in [-0.39, 0.29) is 72.9 Å². The summed E-state index contributed by atoms with van der Waals surface area (Å²) in [7, 11) is -6.86. The van der Waals surface area contributed by atoms with Crippen LogP contribution in [0.1, 0.15) is 30.4 Å². The number of amides is 2. The van der Waals surface area contributed by atoms with Crippen LogP contribution in [0, 0.1) is 13.8 Å². The molecule has 0 unspecified atom stereocenters. The van der Waals surface area contributed by atoms with Crippen molar-refractivity contribution < 1.29 is 26.4 Å². The Bertz CT molecular complexity index is 1220. The summed E-state index contributed by atoms with van der Waals surface area (Å²) in [5.41, 5.74) is 1.88. The Morgan fingerprint density at radius 2 is 1.79 bits per heavy atom. The van der Waals surface area contributed by atoms with Crippen molar-refractivity contribution in [1.82, 2.24) is 14.2 Å². The summed E-state index contributed by atoms with van der Waals surface area (Å²) >= 11 is 0. The molecule has 1 aromatic rings. The molecule has 0 N–H and O–H groups in total. The molecule has 3 aliphatic heterocycles. The smallest absolute Gasteiger partial charge is 0.270 e. The lowest BCUT2D eigenvalue weighted by molar-refractivity contribution is -0.134. The van der Waals surface area contributed by atoms with Gasteiger partial charge in [-0.25, -0.2) is 21.8 Å². The molecule has 1 aromatic carbocycles. The first-order valence-corrected chi connectivity index (χ1v) is 14.2. The average molecular weight is 497 g/mol. The van der Waals surface area contributed by atoms with E-state index in [1.165, 1.54) is 9.31 Å². The van der Waals surface area contributed by atoms with Crippen LogP contribution < -0.4 is 0 Å². The van der Waals surface area contributed by atoms with Gasteiger partial charge in [0.05, 0.1) is 22.4 Å². The number of sulfonamides is 1. The highest BCUT2D eigenvalue weighted by Gasteiger charge is 2.38. The molecule has 4 rings (SSSR count). The molecule has 33 heavy (non-hydrogen) atoms. The Balaban J connectivity index is 1.44. The second kappa shape index (κ2) is 8.80. The fourth-order valence-electron chi connectivity index (χ4n) is 4.52. The van der Waals surface area contributed by atoms with Gasteiger partial charge in [-0.2, -0.15) is 9.41 Å². The maximum atomic E-state index is 13.1. The normalized spacial score (nSPS) is 24.1. The molecule has 0 spiro atoms. The second-order valence-corrected chi connectivity index (χ2v) is 12.9. The molecule has 1 atom stereocenters. The number of piperazine rings is 1. The number of benzene rings is 1. The summed E-state index contributed by atoms with van der Waals surface area (Å²) < 4.78 is 51.1. The van der Waals surface area contributed by atoms with Crippen LogP contribution >= 0.6 is 0 Å². The van der Waals surface area contributed by atoms with E-state index < -0.39 is 25.9 Å². The monoisotopic (exact) mass is 496 g/mol. The van der Waals surface area contributed by atoms with Gasteiger partial charge in [-0.05, 0) is 31.9 Å². The summed E-state index contributed by atoms with van der Waals surface area (Å²) in [5, 5.41) is 5.40. The molecule has 0 aliphatic carbocycles. The Kier molecular flexibility index (Phi) is 6.36. The van der Waals surface area contributed by atoms with Gasteiger partial charge in [-0.1, -0.05) is 17.7 Å². The molecule has 0 radical (unpaired) electrons. The minimum Gasteiger partial charge on any atom is -0.335 e. The Morgan fingerprint density at radius 3 is 2.39 bits per heavy atom. The van der Waals surface area contributed by atoms with Crippen molar-refractivity contribution in [3.63, 3.8) is 0 Å². The predicted molar refractivity (Wildman–Crippen MR) is 122 cm³/mol. The van der Waals surface area contributed by atoms with Crippen LogP contribution in [0.15, 0.2) is 28.2 Å². The van der Waals surface area contributed by atoms with E-state index in [0.717, 1.165) is 5.56 Å². The highest BCUT2D eigenvalue weighted by atomic mass is 32.2. The van der Waals surface area contributed by atoms with E-state index in [1.807, 2.05) is 13.0 Å². The van der Waals surface area contributed by atoms with Crippen molar-refractivity contribution in [3.05, 3.63) is 29.3 Å². The third-order valence-electron chi connectivity index (χ3n) is 6.33. The van der Waals surface area contributed by atoms with Crippen LogP contribution in [-0.4, -0.2) is 92.3 Å². The van der Waals surface area contributed by atoms with Crippen LogP contribution in [0.4, 0.5) is 0 Å². The lowest BCUT2D eigenvalue weighted by Crippen LogP contribution is -2.53. The summed E-state index contributed by atoms with van der Waals surface area (Å²) in [6.07, 6.45) is 0.602. The largest absolute Gasteiger partial charge is 0.335 e. The molecule has 10 nitrogen and oxygen atoms in total. The Morgan fingerprint density at radius 1 is 1.09 bits per heavy atom. The Labute approximate surface area is 194 Å². The number of rotatable bonds is 4. The standard InChI is InChI=1S/C21H28N4O6S2/c1-15-3-5-19(16(2)13-15)33(30,31)24-10-8-23(9-11-24)21(27)18-4-6-20(26)25(22-18)17-7-12-32(28,29)14-17/h3,5,13,17H,4,6-12,14H2,1-2H3/t17-/m1/s1. The number of carbonyl (C=O) groups is 2. The van der Waals surface area contributed by atoms with Crippen LogP contribution in [-0.2, 0) is 29.4 Å². The van der Waals surface area contributed by atoms with E-state index in [1.54, 1.807) is 24.0 Å². The minimum absolute atomic E-state index is 0.0110. The molecule has 0 aromatic heterocycles. The molecule has 180 valence electrons. The zero-order valence-electron chi connectivity index (χ0n) is 18.7. The summed E-state index contributed by atoms with van der Waals surface area (Å²) in [4.78, 5) is 27.2. The van der Waals surface area contributed by atoms with Crippen LogP contribution in [0.25, 0.3) is 0 Å². The molecule has 0 bridgehead atoms. The quantitative estimate of drug-likeness (QED) is 0.591. The number of carbonyl (C=O) groups excluding carboxylic acids is 2. The van der Waals surface area contributed by atoms with E-state index in [0.29, 0.717) is 12.0 Å². The molecule has 2 fully saturated rings. The first-order chi connectivity index (χ1) is 15.5. The molecular weight excluding hydrogens is 468 g/mol. The number of hydrogen-bond acceptors (Lipinski definition) is 7. The SMILES string of the molecule is Cc1ccc(S(=O)(=O)N2CCN(C(=O)C3=NN([C@@H]4CCS(=O)(=O)C4)C(=O)CC3)CC2)c(C)c1. The first kappa shape index (κ1) is 23.8. The van der Waals surface area contributed by atoms with E-state index in [4.69, 9.17) is 0 Å².